The van der Waals surface area contributed by atoms with Gasteiger partial charge < -0.3 is 14.7 Å². The van der Waals surface area contributed by atoms with Crippen LogP contribution in [0.15, 0.2) is 0 Å². The Balaban J connectivity index is 1.40. The van der Waals surface area contributed by atoms with Crippen LogP contribution in [0.25, 0.3) is 0 Å². The van der Waals surface area contributed by atoms with Crippen LogP contribution in [0.1, 0.15) is 65.7 Å². The first-order chi connectivity index (χ1) is 10.4. The Morgan fingerprint density at radius 1 is 1.18 bits per heavy atom. The Labute approximate surface area is 136 Å². The summed E-state index contributed by atoms with van der Waals surface area (Å²) in [6.07, 6.45) is 8.82. The van der Waals surface area contributed by atoms with E-state index in [-0.39, 0.29) is 6.10 Å². The maximum atomic E-state index is 10.3. The van der Waals surface area contributed by atoms with E-state index < -0.39 is 0 Å². The molecule has 3 aliphatic rings. The minimum Gasteiger partial charge on any atom is -0.392 e. The van der Waals surface area contributed by atoms with Gasteiger partial charge in [-0.15, -0.1) is 0 Å². The number of nitrogens with zero attached hydrogens (tertiary/aromatic N) is 1. The summed E-state index contributed by atoms with van der Waals surface area (Å²) in [6, 6.07) is 0. The normalized spacial score (nSPS) is 39.3. The van der Waals surface area contributed by atoms with E-state index >= 15 is 0 Å². The molecule has 0 aromatic heterocycles. The molecule has 2 bridgehead atoms. The van der Waals surface area contributed by atoms with Gasteiger partial charge in [0, 0.05) is 13.2 Å². The van der Waals surface area contributed by atoms with Gasteiger partial charge in [-0.25, -0.2) is 0 Å². The highest BCUT2D eigenvalue weighted by molar-refractivity contribution is 5.11. The van der Waals surface area contributed by atoms with Crippen LogP contribution in [0.5, 0.6) is 0 Å². The number of likely N-dealkylation sites (tertiary alicyclic amines) is 1. The average molecular weight is 309 g/mol. The van der Waals surface area contributed by atoms with Gasteiger partial charge in [0.15, 0.2) is 0 Å². The monoisotopic (exact) mass is 309 g/mol. The van der Waals surface area contributed by atoms with E-state index in [2.05, 4.69) is 25.7 Å². The average Bonchev–Trinajstić information content (AvgIpc) is 2.81. The molecule has 0 aromatic rings. The second-order valence-corrected chi connectivity index (χ2v) is 8.77. The Morgan fingerprint density at radius 2 is 1.91 bits per heavy atom. The second kappa shape index (κ2) is 6.41. The molecule has 3 rings (SSSR count). The zero-order valence-electron chi connectivity index (χ0n) is 14.8. The Hall–Kier alpha value is -0.120. The number of ether oxygens (including phenoxy) is 1. The van der Waals surface area contributed by atoms with Crippen LogP contribution in [-0.4, -0.2) is 48.5 Å². The van der Waals surface area contributed by atoms with Gasteiger partial charge >= 0.3 is 0 Å². The second-order valence-electron chi connectivity index (χ2n) is 8.77. The van der Waals surface area contributed by atoms with Crippen molar-refractivity contribution in [3.63, 3.8) is 0 Å². The van der Waals surface area contributed by atoms with Crippen LogP contribution >= 0.6 is 0 Å². The number of hydrogen-bond donors (Lipinski definition) is 1. The summed E-state index contributed by atoms with van der Waals surface area (Å²) in [5.41, 5.74) is 0.763. The van der Waals surface area contributed by atoms with Crippen molar-refractivity contribution >= 4 is 0 Å². The maximum Gasteiger partial charge on any atom is 0.0689 e. The molecule has 22 heavy (non-hydrogen) atoms. The fourth-order valence-corrected chi connectivity index (χ4v) is 5.26. The molecule has 4 atom stereocenters. The first-order valence-electron chi connectivity index (χ1n) is 9.45. The van der Waals surface area contributed by atoms with Gasteiger partial charge in [-0.05, 0) is 68.4 Å². The van der Waals surface area contributed by atoms with Crippen molar-refractivity contribution in [2.45, 2.75) is 77.9 Å². The Morgan fingerprint density at radius 3 is 2.50 bits per heavy atom. The zero-order chi connectivity index (χ0) is 15.8. The molecule has 2 saturated carbocycles. The van der Waals surface area contributed by atoms with E-state index in [1.165, 1.54) is 38.5 Å². The highest BCUT2D eigenvalue weighted by Gasteiger charge is 2.61. The predicted octanol–water partition coefficient (Wildman–Crippen LogP) is 3.45. The smallest absolute Gasteiger partial charge is 0.0689 e. The van der Waals surface area contributed by atoms with Crippen LogP contribution in [0.4, 0.5) is 0 Å². The minimum atomic E-state index is -0.225. The van der Waals surface area contributed by atoms with E-state index in [1.54, 1.807) is 0 Å². The number of aliphatic hydroxyl groups is 1. The molecule has 0 amide bonds. The standard InChI is InChI=1S/C19H35NO2/c1-18(2)15-7-9-19(18,3)17(13-15)22-12-8-16(21)14-20-10-5-4-6-11-20/h15-17,21H,4-14H2,1-3H3/t15-,16+,17-,19-/m0/s1. The van der Waals surface area contributed by atoms with E-state index in [9.17, 15) is 5.11 Å². The summed E-state index contributed by atoms with van der Waals surface area (Å²) >= 11 is 0. The first-order valence-corrected chi connectivity index (χ1v) is 9.45. The molecule has 0 unspecified atom stereocenters. The first kappa shape index (κ1) is 16.7. The summed E-state index contributed by atoms with van der Waals surface area (Å²) < 4.78 is 6.26. The third kappa shape index (κ3) is 2.97. The van der Waals surface area contributed by atoms with Gasteiger partial charge in [-0.1, -0.05) is 27.2 Å². The van der Waals surface area contributed by atoms with Crippen molar-refractivity contribution in [3.05, 3.63) is 0 Å². The highest BCUT2D eigenvalue weighted by atomic mass is 16.5. The predicted molar refractivity (Wildman–Crippen MR) is 89.9 cm³/mol. The zero-order valence-corrected chi connectivity index (χ0v) is 14.8. The third-order valence-electron chi connectivity index (χ3n) is 7.40. The molecule has 128 valence electrons. The van der Waals surface area contributed by atoms with Crippen LogP contribution in [0, 0.1) is 16.7 Å². The van der Waals surface area contributed by atoms with Gasteiger partial charge in [0.05, 0.1) is 12.2 Å². The molecule has 3 heteroatoms. The van der Waals surface area contributed by atoms with Crippen molar-refractivity contribution in [1.82, 2.24) is 4.90 Å². The topological polar surface area (TPSA) is 32.7 Å². The molecule has 1 saturated heterocycles. The quantitative estimate of drug-likeness (QED) is 0.815. The molecular formula is C19H35NO2. The van der Waals surface area contributed by atoms with Crippen LogP contribution in [0.3, 0.4) is 0 Å². The SMILES string of the molecule is CC1(C)[C@H]2CC[C@@]1(C)[C@@H](OCC[C@@H](O)CN1CCCCC1)C2. The Bertz CT molecular complexity index is 378. The Kier molecular flexibility index (Phi) is 4.87. The van der Waals surface area contributed by atoms with Crippen molar-refractivity contribution in [3.8, 4) is 0 Å². The summed E-state index contributed by atoms with van der Waals surface area (Å²) in [7, 11) is 0. The fourth-order valence-electron chi connectivity index (χ4n) is 5.26. The number of aliphatic hydroxyl groups excluding tert-OH is 1. The summed E-state index contributed by atoms with van der Waals surface area (Å²) in [4.78, 5) is 2.41. The van der Waals surface area contributed by atoms with Gasteiger partial charge in [0.25, 0.3) is 0 Å². The minimum absolute atomic E-state index is 0.225. The molecule has 1 N–H and O–H groups in total. The fraction of sp³-hybridized carbons (Fsp3) is 1.00. The van der Waals surface area contributed by atoms with Gasteiger partial charge in [-0.3, -0.25) is 0 Å². The van der Waals surface area contributed by atoms with Crippen LogP contribution < -0.4 is 0 Å². The molecule has 3 nitrogen and oxygen atoms in total. The van der Waals surface area contributed by atoms with Gasteiger partial charge in [0.1, 0.15) is 0 Å². The van der Waals surface area contributed by atoms with E-state index in [1.807, 2.05) is 0 Å². The van der Waals surface area contributed by atoms with Crippen molar-refractivity contribution in [2.24, 2.45) is 16.7 Å². The van der Waals surface area contributed by atoms with Gasteiger partial charge in [-0.2, -0.15) is 0 Å². The lowest BCUT2D eigenvalue weighted by atomic mass is 9.70. The van der Waals surface area contributed by atoms with E-state index in [4.69, 9.17) is 4.74 Å². The summed E-state index contributed by atoms with van der Waals surface area (Å²) in [5.74, 6) is 0.834. The largest absolute Gasteiger partial charge is 0.392 e. The van der Waals surface area contributed by atoms with Crippen LogP contribution in [-0.2, 0) is 4.74 Å². The molecule has 1 heterocycles. The van der Waals surface area contributed by atoms with Crippen molar-refractivity contribution < 1.29 is 9.84 Å². The number of β-amino-alcohol motifs (C(OH)–C–C–N with tert-alkyl or cyclic N) is 1. The number of hydrogen-bond acceptors (Lipinski definition) is 3. The third-order valence-corrected chi connectivity index (χ3v) is 7.40. The molecule has 0 radical (unpaired) electrons. The van der Waals surface area contributed by atoms with E-state index in [0.29, 0.717) is 16.9 Å². The lowest BCUT2D eigenvalue weighted by Gasteiger charge is -2.39. The van der Waals surface area contributed by atoms with Gasteiger partial charge in [0.2, 0.25) is 0 Å². The molecule has 0 spiro atoms. The van der Waals surface area contributed by atoms with Crippen molar-refractivity contribution in [1.29, 1.82) is 0 Å². The molecule has 0 aromatic carbocycles. The number of fused-ring (bicyclic) bond motifs is 2. The summed E-state index contributed by atoms with van der Waals surface area (Å²) in [5, 5.41) is 10.3. The lowest BCUT2D eigenvalue weighted by molar-refractivity contribution is -0.0566. The molecule has 2 aliphatic carbocycles. The van der Waals surface area contributed by atoms with Crippen molar-refractivity contribution in [2.75, 3.05) is 26.2 Å². The maximum absolute atomic E-state index is 10.3. The van der Waals surface area contributed by atoms with E-state index in [0.717, 1.165) is 38.6 Å². The van der Waals surface area contributed by atoms with Crippen LogP contribution in [0.2, 0.25) is 0 Å². The highest BCUT2D eigenvalue weighted by Crippen LogP contribution is 2.66. The molecular weight excluding hydrogens is 274 g/mol. The summed E-state index contributed by atoms with van der Waals surface area (Å²) in [6.45, 7) is 11.2. The lowest BCUT2D eigenvalue weighted by Crippen LogP contribution is -2.39. The number of piperidine rings is 1. The molecule has 1 aliphatic heterocycles. The number of rotatable bonds is 6. The molecule has 3 fully saturated rings.